The van der Waals surface area contributed by atoms with Crippen molar-refractivity contribution in [1.29, 1.82) is 0 Å². The number of amides is 1. The Morgan fingerprint density at radius 2 is 1.70 bits per heavy atom. The number of ether oxygens (including phenoxy) is 1. The van der Waals surface area contributed by atoms with E-state index in [1.807, 2.05) is 0 Å². The number of benzene rings is 2. The van der Waals surface area contributed by atoms with E-state index < -0.39 is 10.0 Å². The molecule has 0 bridgehead atoms. The molecule has 1 fully saturated rings. The van der Waals surface area contributed by atoms with Gasteiger partial charge in [-0.2, -0.15) is 0 Å². The molecule has 1 aliphatic heterocycles. The summed E-state index contributed by atoms with van der Waals surface area (Å²) in [7, 11) is -3.74. The molecule has 1 aliphatic rings. The van der Waals surface area contributed by atoms with Crippen LogP contribution in [0, 0.1) is 5.82 Å². The van der Waals surface area contributed by atoms with Gasteiger partial charge in [0.1, 0.15) is 11.6 Å². The van der Waals surface area contributed by atoms with Gasteiger partial charge in [0.2, 0.25) is 10.0 Å². The number of carbonyl (C=O) groups excluding carboxylic acids is 1. The molecule has 0 atom stereocenters. The van der Waals surface area contributed by atoms with Crippen LogP contribution < -0.4 is 10.0 Å². The normalized spacial score (nSPS) is 15.8. The zero-order chi connectivity index (χ0) is 23.3. The molecule has 2 aromatic carbocycles. The van der Waals surface area contributed by atoms with Crippen molar-refractivity contribution in [3.8, 4) is 0 Å². The lowest BCUT2D eigenvalue weighted by molar-refractivity contribution is 0.0487. The number of rotatable bonds is 8. The van der Waals surface area contributed by atoms with Crippen molar-refractivity contribution in [1.82, 2.24) is 10.0 Å². The second-order valence-electron chi connectivity index (χ2n) is 8.01. The zero-order valence-corrected chi connectivity index (χ0v) is 18.7. The lowest BCUT2D eigenvalue weighted by Gasteiger charge is -2.38. The summed E-state index contributed by atoms with van der Waals surface area (Å²) in [5, 5.41) is 2.96. The third-order valence-corrected chi connectivity index (χ3v) is 7.35. The maximum absolute atomic E-state index is 13.4. The molecule has 3 aromatic rings. The minimum Gasteiger partial charge on any atom is -0.468 e. The van der Waals surface area contributed by atoms with Gasteiger partial charge in [-0.25, -0.2) is 17.5 Å². The molecule has 2 N–H and O–H groups in total. The number of sulfonamides is 1. The van der Waals surface area contributed by atoms with Crippen molar-refractivity contribution >= 4 is 15.9 Å². The molecule has 0 saturated carbocycles. The van der Waals surface area contributed by atoms with Crippen LogP contribution >= 0.6 is 0 Å². The predicted molar refractivity (Wildman–Crippen MR) is 120 cm³/mol. The fraction of sp³-hybridized carbons (Fsp3) is 0.292. The van der Waals surface area contributed by atoms with Gasteiger partial charge in [0.25, 0.3) is 5.91 Å². The van der Waals surface area contributed by atoms with Gasteiger partial charge in [0.15, 0.2) is 0 Å². The third kappa shape index (κ3) is 5.50. The zero-order valence-electron chi connectivity index (χ0n) is 17.9. The summed E-state index contributed by atoms with van der Waals surface area (Å²) in [4.78, 5) is 12.8. The topological polar surface area (TPSA) is 97.6 Å². The summed E-state index contributed by atoms with van der Waals surface area (Å²) in [5.41, 5.74) is 0.957. The number of hydrogen-bond donors (Lipinski definition) is 2. The Bertz CT molecular complexity index is 1170. The summed E-state index contributed by atoms with van der Waals surface area (Å²) >= 11 is 0. The molecule has 1 saturated heterocycles. The van der Waals surface area contributed by atoms with Crippen LogP contribution in [-0.4, -0.2) is 34.1 Å². The van der Waals surface area contributed by atoms with Crippen molar-refractivity contribution in [2.24, 2.45) is 0 Å². The van der Waals surface area contributed by atoms with Gasteiger partial charge in [-0.15, -0.1) is 0 Å². The molecule has 7 nitrogen and oxygen atoms in total. The summed E-state index contributed by atoms with van der Waals surface area (Å²) in [6, 6.07) is 15.4. The minimum atomic E-state index is -3.74. The van der Waals surface area contributed by atoms with Crippen molar-refractivity contribution in [3.63, 3.8) is 0 Å². The van der Waals surface area contributed by atoms with Crippen molar-refractivity contribution in [2.75, 3.05) is 19.8 Å². The molecule has 0 unspecified atom stereocenters. The Morgan fingerprint density at radius 3 is 2.33 bits per heavy atom. The monoisotopic (exact) mass is 472 g/mol. The Balaban J connectivity index is 1.42. The van der Waals surface area contributed by atoms with E-state index in [4.69, 9.17) is 9.15 Å². The molecule has 4 rings (SSSR count). The Hall–Kier alpha value is -3.01. The second kappa shape index (κ2) is 9.86. The fourth-order valence-corrected chi connectivity index (χ4v) is 4.93. The van der Waals surface area contributed by atoms with Gasteiger partial charge >= 0.3 is 0 Å². The van der Waals surface area contributed by atoms with Gasteiger partial charge in [-0.05, 0) is 66.9 Å². The Labute approximate surface area is 192 Å². The van der Waals surface area contributed by atoms with E-state index in [0.717, 1.165) is 5.56 Å². The first-order chi connectivity index (χ1) is 15.9. The summed E-state index contributed by atoms with van der Waals surface area (Å²) in [6.07, 6.45) is 2.88. The largest absolute Gasteiger partial charge is 0.468 e. The quantitative estimate of drug-likeness (QED) is 0.524. The van der Waals surface area contributed by atoms with Crippen LogP contribution in [0.5, 0.6) is 0 Å². The van der Waals surface area contributed by atoms with Crippen molar-refractivity contribution in [2.45, 2.75) is 29.7 Å². The van der Waals surface area contributed by atoms with E-state index in [2.05, 4.69) is 10.0 Å². The molecule has 33 heavy (non-hydrogen) atoms. The van der Waals surface area contributed by atoms with E-state index >= 15 is 0 Å². The highest BCUT2D eigenvalue weighted by atomic mass is 32.2. The van der Waals surface area contributed by atoms with E-state index in [1.165, 1.54) is 42.7 Å². The third-order valence-electron chi connectivity index (χ3n) is 5.94. The van der Waals surface area contributed by atoms with Gasteiger partial charge in [0.05, 0.1) is 17.7 Å². The Kier molecular flexibility index (Phi) is 6.92. The van der Waals surface area contributed by atoms with Crippen LogP contribution in [-0.2, 0) is 26.7 Å². The van der Waals surface area contributed by atoms with Crippen LogP contribution in [0.2, 0.25) is 0 Å². The lowest BCUT2D eigenvalue weighted by Crippen LogP contribution is -2.44. The van der Waals surface area contributed by atoms with Crippen molar-refractivity contribution in [3.05, 3.63) is 89.6 Å². The molecule has 2 heterocycles. The maximum Gasteiger partial charge on any atom is 0.251 e. The molecule has 0 spiro atoms. The number of nitrogens with one attached hydrogen (secondary N) is 2. The van der Waals surface area contributed by atoms with Gasteiger partial charge in [-0.3, -0.25) is 4.79 Å². The van der Waals surface area contributed by atoms with E-state index in [1.54, 1.807) is 24.3 Å². The van der Waals surface area contributed by atoms with Crippen LogP contribution in [0.15, 0.2) is 76.2 Å². The standard InChI is InChI=1S/C24H25FN2O5S/c25-20-7-5-19(6-8-20)24(11-14-31-15-12-24)17-26-23(28)18-3-9-22(10-4-18)33(29,30)27-16-21-2-1-13-32-21/h1-10,13,27H,11-12,14-17H2,(H,26,28). The van der Waals surface area contributed by atoms with E-state index in [9.17, 15) is 17.6 Å². The number of hydrogen-bond acceptors (Lipinski definition) is 5. The molecule has 0 radical (unpaired) electrons. The molecule has 0 aliphatic carbocycles. The summed E-state index contributed by atoms with van der Waals surface area (Å²) in [6.45, 7) is 1.52. The number of halogens is 1. The fourth-order valence-electron chi connectivity index (χ4n) is 3.93. The smallest absolute Gasteiger partial charge is 0.251 e. The van der Waals surface area contributed by atoms with Crippen LogP contribution in [0.25, 0.3) is 0 Å². The van der Waals surface area contributed by atoms with Crippen LogP contribution in [0.4, 0.5) is 4.39 Å². The Morgan fingerprint density at radius 1 is 1.00 bits per heavy atom. The highest BCUT2D eigenvalue weighted by Crippen LogP contribution is 2.34. The molecule has 1 amide bonds. The predicted octanol–water partition coefficient (Wildman–Crippen LogP) is 3.38. The first-order valence-electron chi connectivity index (χ1n) is 10.6. The molecule has 1 aromatic heterocycles. The molecule has 174 valence electrons. The molecular formula is C24H25FN2O5S. The first-order valence-corrected chi connectivity index (χ1v) is 12.1. The highest BCUT2D eigenvalue weighted by molar-refractivity contribution is 7.89. The summed E-state index contributed by atoms with van der Waals surface area (Å²) in [5.74, 6) is -0.119. The average Bonchev–Trinajstić information content (AvgIpc) is 3.36. The summed E-state index contributed by atoms with van der Waals surface area (Å²) < 4.78 is 51.4. The van der Waals surface area contributed by atoms with Crippen molar-refractivity contribution < 1.29 is 26.8 Å². The maximum atomic E-state index is 13.4. The molecule has 9 heteroatoms. The number of furan rings is 1. The van der Waals surface area contributed by atoms with Gasteiger partial charge < -0.3 is 14.5 Å². The van der Waals surface area contributed by atoms with Crippen LogP contribution in [0.1, 0.15) is 34.5 Å². The van der Waals surface area contributed by atoms with Gasteiger partial charge in [-0.1, -0.05) is 12.1 Å². The molecular weight excluding hydrogens is 447 g/mol. The van der Waals surface area contributed by atoms with Crippen LogP contribution in [0.3, 0.4) is 0 Å². The van der Waals surface area contributed by atoms with E-state index in [0.29, 0.717) is 43.9 Å². The first kappa shape index (κ1) is 23.2. The SMILES string of the molecule is O=C(NCC1(c2ccc(F)cc2)CCOCC1)c1ccc(S(=O)(=O)NCc2ccco2)cc1. The second-order valence-corrected chi connectivity index (χ2v) is 9.78. The highest BCUT2D eigenvalue weighted by Gasteiger charge is 2.35. The lowest BCUT2D eigenvalue weighted by atomic mass is 9.74. The average molecular weight is 473 g/mol. The minimum absolute atomic E-state index is 0.0345. The van der Waals surface area contributed by atoms with E-state index in [-0.39, 0.29) is 28.6 Å². The van der Waals surface area contributed by atoms with Gasteiger partial charge in [0, 0.05) is 30.7 Å². The number of carbonyl (C=O) groups is 1.